The second-order valence-corrected chi connectivity index (χ2v) is 5.24. The normalized spacial score (nSPS) is 15.9. The van der Waals surface area contributed by atoms with Crippen LogP contribution in [-0.2, 0) is 6.42 Å². The quantitative estimate of drug-likeness (QED) is 0.897. The van der Waals surface area contributed by atoms with Crippen LogP contribution < -0.4 is 4.74 Å². The first kappa shape index (κ1) is 11.8. The van der Waals surface area contributed by atoms with Gasteiger partial charge < -0.3 is 14.4 Å². The molecule has 1 aliphatic heterocycles. The first-order valence-corrected chi connectivity index (χ1v) is 5.97. The van der Waals surface area contributed by atoms with Crippen molar-refractivity contribution in [3.63, 3.8) is 0 Å². The average molecular weight is 259 g/mol. The molecule has 0 spiro atoms. The van der Waals surface area contributed by atoms with Crippen LogP contribution in [0.15, 0.2) is 28.8 Å². The lowest BCUT2D eigenvalue weighted by atomic mass is 9.99. The molecule has 0 unspecified atom stereocenters. The highest BCUT2D eigenvalue weighted by Gasteiger charge is 2.30. The van der Waals surface area contributed by atoms with Crippen LogP contribution in [0.3, 0.4) is 0 Å². The molecule has 0 saturated heterocycles. The Balaban J connectivity index is 1.97. The van der Waals surface area contributed by atoms with E-state index in [1.54, 1.807) is 0 Å². The maximum absolute atomic E-state index is 10.8. The van der Waals surface area contributed by atoms with Gasteiger partial charge in [-0.3, -0.25) is 0 Å². The Morgan fingerprint density at radius 2 is 2.16 bits per heavy atom. The van der Waals surface area contributed by atoms with E-state index in [2.05, 4.69) is 5.16 Å². The van der Waals surface area contributed by atoms with Crippen molar-refractivity contribution in [3.05, 3.63) is 35.5 Å². The van der Waals surface area contributed by atoms with E-state index in [-0.39, 0.29) is 11.3 Å². The Labute approximate surface area is 109 Å². The fourth-order valence-electron chi connectivity index (χ4n) is 2.27. The van der Waals surface area contributed by atoms with E-state index < -0.39 is 5.97 Å². The van der Waals surface area contributed by atoms with Crippen LogP contribution in [0.4, 0.5) is 0 Å². The second-order valence-electron chi connectivity index (χ2n) is 5.24. The van der Waals surface area contributed by atoms with Gasteiger partial charge in [-0.1, -0.05) is 5.16 Å². The highest BCUT2D eigenvalue weighted by Crippen LogP contribution is 2.37. The number of carboxylic acid groups (broad SMARTS) is 1. The van der Waals surface area contributed by atoms with Gasteiger partial charge in [0.05, 0.1) is 0 Å². The predicted molar refractivity (Wildman–Crippen MR) is 67.3 cm³/mol. The molecule has 0 atom stereocenters. The van der Waals surface area contributed by atoms with Gasteiger partial charge in [0.2, 0.25) is 0 Å². The molecular formula is C14H13NO4. The van der Waals surface area contributed by atoms with Gasteiger partial charge in [-0.2, -0.15) is 0 Å². The zero-order valence-corrected chi connectivity index (χ0v) is 10.6. The second kappa shape index (κ2) is 3.85. The van der Waals surface area contributed by atoms with Gasteiger partial charge >= 0.3 is 5.97 Å². The third-order valence-electron chi connectivity index (χ3n) is 3.08. The van der Waals surface area contributed by atoms with E-state index in [4.69, 9.17) is 14.4 Å². The SMILES string of the molecule is CC1(C)Cc2cc(-c3cc(C(=O)O)no3)ccc2O1. The molecule has 1 N–H and O–H groups in total. The van der Waals surface area contributed by atoms with Crippen LogP contribution in [0, 0.1) is 0 Å². The molecule has 1 aromatic heterocycles. The van der Waals surface area contributed by atoms with Crippen molar-refractivity contribution in [3.8, 4) is 17.1 Å². The number of hydrogen-bond acceptors (Lipinski definition) is 4. The van der Waals surface area contributed by atoms with Gasteiger partial charge in [0.15, 0.2) is 11.5 Å². The van der Waals surface area contributed by atoms with E-state index in [1.807, 2.05) is 32.0 Å². The van der Waals surface area contributed by atoms with Gasteiger partial charge in [0.25, 0.3) is 0 Å². The maximum atomic E-state index is 10.8. The van der Waals surface area contributed by atoms with Crippen molar-refractivity contribution >= 4 is 5.97 Å². The summed E-state index contributed by atoms with van der Waals surface area (Å²) in [7, 11) is 0. The van der Waals surface area contributed by atoms with E-state index in [9.17, 15) is 4.79 Å². The van der Waals surface area contributed by atoms with Crippen LogP contribution in [-0.4, -0.2) is 21.8 Å². The summed E-state index contributed by atoms with van der Waals surface area (Å²) >= 11 is 0. The van der Waals surface area contributed by atoms with Crippen molar-refractivity contribution < 1.29 is 19.2 Å². The molecule has 98 valence electrons. The summed E-state index contributed by atoms with van der Waals surface area (Å²) < 4.78 is 10.8. The number of ether oxygens (including phenoxy) is 1. The first-order chi connectivity index (χ1) is 8.94. The molecule has 0 aliphatic carbocycles. The number of rotatable bonds is 2. The number of aromatic nitrogens is 1. The van der Waals surface area contributed by atoms with E-state index in [0.717, 1.165) is 23.3 Å². The average Bonchev–Trinajstić information content (AvgIpc) is 2.89. The lowest BCUT2D eigenvalue weighted by Crippen LogP contribution is -2.24. The van der Waals surface area contributed by atoms with Gasteiger partial charge in [0, 0.05) is 18.1 Å². The lowest BCUT2D eigenvalue weighted by molar-refractivity contribution is 0.0685. The molecule has 5 nitrogen and oxygen atoms in total. The first-order valence-electron chi connectivity index (χ1n) is 5.97. The molecule has 0 radical (unpaired) electrons. The summed E-state index contributed by atoms with van der Waals surface area (Å²) in [6.45, 7) is 4.06. The van der Waals surface area contributed by atoms with Gasteiger partial charge in [-0.15, -0.1) is 0 Å². The Hall–Kier alpha value is -2.30. The summed E-state index contributed by atoms with van der Waals surface area (Å²) in [5.41, 5.74) is 1.61. The Kier molecular flexibility index (Phi) is 2.38. The standard InChI is InChI=1S/C14H13NO4/c1-14(2)7-9-5-8(3-4-11(9)18-14)12-6-10(13(16)17)15-19-12/h3-6H,7H2,1-2H3,(H,16,17). The zero-order valence-electron chi connectivity index (χ0n) is 10.6. The number of benzene rings is 1. The van der Waals surface area contributed by atoms with Crippen molar-refractivity contribution in [2.75, 3.05) is 0 Å². The van der Waals surface area contributed by atoms with Gasteiger partial charge in [-0.25, -0.2) is 4.79 Å². The van der Waals surface area contributed by atoms with Crippen molar-refractivity contribution in [2.45, 2.75) is 25.9 Å². The van der Waals surface area contributed by atoms with E-state index in [1.165, 1.54) is 6.07 Å². The monoisotopic (exact) mass is 259 g/mol. The van der Waals surface area contributed by atoms with Crippen molar-refractivity contribution in [1.82, 2.24) is 5.16 Å². The van der Waals surface area contributed by atoms with Crippen LogP contribution in [0.5, 0.6) is 5.75 Å². The maximum Gasteiger partial charge on any atom is 0.358 e. The Morgan fingerprint density at radius 1 is 1.37 bits per heavy atom. The van der Waals surface area contributed by atoms with Crippen molar-refractivity contribution in [2.24, 2.45) is 0 Å². The van der Waals surface area contributed by atoms with Gasteiger partial charge in [-0.05, 0) is 37.6 Å². The highest BCUT2D eigenvalue weighted by atomic mass is 16.5. The molecule has 2 heterocycles. The minimum Gasteiger partial charge on any atom is -0.487 e. The number of fused-ring (bicyclic) bond motifs is 1. The highest BCUT2D eigenvalue weighted by molar-refractivity contribution is 5.86. The lowest BCUT2D eigenvalue weighted by Gasteiger charge is -2.16. The third-order valence-corrected chi connectivity index (χ3v) is 3.08. The molecule has 1 aliphatic rings. The van der Waals surface area contributed by atoms with Gasteiger partial charge in [0.1, 0.15) is 11.4 Å². The minimum atomic E-state index is -1.10. The van der Waals surface area contributed by atoms with Crippen LogP contribution in [0.2, 0.25) is 0 Å². The minimum absolute atomic E-state index is 0.0907. The summed E-state index contributed by atoms with van der Waals surface area (Å²) in [6, 6.07) is 7.09. The van der Waals surface area contributed by atoms with Crippen LogP contribution >= 0.6 is 0 Å². The summed E-state index contributed by atoms with van der Waals surface area (Å²) in [5.74, 6) is 0.220. The summed E-state index contributed by atoms with van der Waals surface area (Å²) in [4.78, 5) is 10.8. The predicted octanol–water partition coefficient (Wildman–Crippen LogP) is 2.75. The van der Waals surface area contributed by atoms with E-state index in [0.29, 0.717) is 5.76 Å². The fourth-order valence-corrected chi connectivity index (χ4v) is 2.27. The number of aromatic carboxylic acids is 1. The number of carboxylic acids is 1. The van der Waals surface area contributed by atoms with Crippen molar-refractivity contribution in [1.29, 1.82) is 0 Å². The molecule has 3 rings (SSSR count). The summed E-state index contributed by atoms with van der Waals surface area (Å²) in [6.07, 6.45) is 0.816. The molecule has 19 heavy (non-hydrogen) atoms. The number of hydrogen-bond donors (Lipinski definition) is 1. The Bertz CT molecular complexity index is 657. The number of carbonyl (C=O) groups is 1. The summed E-state index contributed by atoms with van der Waals surface area (Å²) in [5, 5.41) is 12.3. The number of nitrogens with zero attached hydrogens (tertiary/aromatic N) is 1. The molecule has 0 saturated carbocycles. The smallest absolute Gasteiger partial charge is 0.358 e. The molecule has 2 aromatic rings. The molecule has 0 bridgehead atoms. The van der Waals surface area contributed by atoms with E-state index >= 15 is 0 Å². The van der Waals surface area contributed by atoms with Crippen LogP contribution in [0.25, 0.3) is 11.3 Å². The molecule has 0 amide bonds. The molecule has 1 aromatic carbocycles. The largest absolute Gasteiger partial charge is 0.487 e. The molecule has 5 heteroatoms. The third kappa shape index (κ3) is 2.07. The zero-order chi connectivity index (χ0) is 13.6. The fraction of sp³-hybridized carbons (Fsp3) is 0.286. The molecule has 0 fully saturated rings. The Morgan fingerprint density at radius 3 is 2.84 bits per heavy atom. The van der Waals surface area contributed by atoms with Crippen LogP contribution in [0.1, 0.15) is 29.9 Å². The molecular weight excluding hydrogens is 246 g/mol. The topological polar surface area (TPSA) is 72.6 Å².